The Labute approximate surface area is 161 Å². The van der Waals surface area contributed by atoms with Crippen molar-refractivity contribution in [3.63, 3.8) is 0 Å². The number of rotatable bonds is 6. The van der Waals surface area contributed by atoms with Crippen molar-refractivity contribution in [2.24, 2.45) is 7.05 Å². The van der Waals surface area contributed by atoms with E-state index in [1.165, 1.54) is 0 Å². The Hall–Kier alpha value is -2.93. The molecule has 7 nitrogen and oxygen atoms in total. The van der Waals surface area contributed by atoms with Gasteiger partial charge >= 0.3 is 0 Å². The molecule has 140 valence electrons. The number of aromatic nitrogens is 4. The van der Waals surface area contributed by atoms with E-state index in [9.17, 15) is 9.59 Å². The molecule has 0 atom stereocenters. The molecule has 0 saturated carbocycles. The van der Waals surface area contributed by atoms with E-state index in [4.69, 9.17) is 11.6 Å². The summed E-state index contributed by atoms with van der Waals surface area (Å²) in [6.07, 6.45) is 5.45. The summed E-state index contributed by atoms with van der Waals surface area (Å²) in [5.74, 6) is 0.283. The Kier molecular flexibility index (Phi) is 5.71. The van der Waals surface area contributed by atoms with Gasteiger partial charge in [0.25, 0.3) is 11.5 Å². The van der Waals surface area contributed by atoms with Crippen molar-refractivity contribution in [2.75, 3.05) is 6.54 Å². The zero-order chi connectivity index (χ0) is 19.4. The molecule has 0 spiro atoms. The normalized spacial score (nSPS) is 10.8. The van der Waals surface area contributed by atoms with Gasteiger partial charge in [-0.3, -0.25) is 14.3 Å². The number of benzene rings is 1. The topological polar surface area (TPSA) is 92.7 Å². The van der Waals surface area contributed by atoms with E-state index in [-0.39, 0.29) is 10.9 Å². The Bertz CT molecular complexity index is 1020. The van der Waals surface area contributed by atoms with Gasteiger partial charge in [0.2, 0.25) is 0 Å². The van der Waals surface area contributed by atoms with E-state index in [1.807, 2.05) is 19.4 Å². The van der Waals surface area contributed by atoms with Gasteiger partial charge in [0.15, 0.2) is 0 Å². The molecule has 1 aromatic carbocycles. The molecule has 27 heavy (non-hydrogen) atoms. The van der Waals surface area contributed by atoms with Gasteiger partial charge in [-0.2, -0.15) is 5.10 Å². The molecule has 8 heteroatoms. The summed E-state index contributed by atoms with van der Waals surface area (Å²) < 4.78 is 1.76. The number of carbonyl (C=O) groups excluding carboxylic acids is 1. The number of halogens is 1. The van der Waals surface area contributed by atoms with E-state index < -0.39 is 5.56 Å². The minimum absolute atomic E-state index is 0.00892. The minimum atomic E-state index is -0.399. The van der Waals surface area contributed by atoms with Gasteiger partial charge in [0.05, 0.1) is 11.9 Å². The third-order valence-corrected chi connectivity index (χ3v) is 4.42. The predicted molar refractivity (Wildman–Crippen MR) is 104 cm³/mol. The van der Waals surface area contributed by atoms with Crippen molar-refractivity contribution < 1.29 is 4.79 Å². The average molecular weight is 386 g/mol. The molecule has 2 aromatic heterocycles. The zero-order valence-corrected chi connectivity index (χ0v) is 15.9. The fraction of sp³-hybridized carbons (Fsp3) is 0.263. The highest BCUT2D eigenvalue weighted by molar-refractivity contribution is 6.32. The standard InChI is InChI=1S/C19H20ClN5O2/c1-12-23-17(16(20)19(27)24-12)14-6-3-7-15(9-14)18(26)21-8-4-5-13-10-22-25(2)11-13/h3,6-7,9-11H,4-5,8H2,1-2H3,(H,21,26)(H,23,24,27). The van der Waals surface area contributed by atoms with Crippen molar-refractivity contribution in [1.82, 2.24) is 25.1 Å². The lowest BCUT2D eigenvalue weighted by molar-refractivity contribution is 0.0953. The average Bonchev–Trinajstić information content (AvgIpc) is 3.07. The largest absolute Gasteiger partial charge is 0.352 e. The Morgan fingerprint density at radius 3 is 2.93 bits per heavy atom. The number of hydrogen-bond acceptors (Lipinski definition) is 4. The van der Waals surface area contributed by atoms with Crippen LogP contribution in [-0.2, 0) is 13.5 Å². The van der Waals surface area contributed by atoms with Crippen LogP contribution in [0.2, 0.25) is 5.02 Å². The maximum atomic E-state index is 12.4. The number of amides is 1. The van der Waals surface area contributed by atoms with Gasteiger partial charge in [0.1, 0.15) is 10.8 Å². The minimum Gasteiger partial charge on any atom is -0.352 e. The highest BCUT2D eigenvalue weighted by Gasteiger charge is 2.13. The molecule has 0 saturated heterocycles. The van der Waals surface area contributed by atoms with Crippen LogP contribution in [0.25, 0.3) is 11.3 Å². The van der Waals surface area contributed by atoms with Gasteiger partial charge in [-0.05, 0) is 37.5 Å². The van der Waals surface area contributed by atoms with Crippen LogP contribution < -0.4 is 10.9 Å². The van der Waals surface area contributed by atoms with E-state index in [1.54, 1.807) is 35.9 Å². The van der Waals surface area contributed by atoms with Crippen molar-refractivity contribution in [2.45, 2.75) is 19.8 Å². The first-order chi connectivity index (χ1) is 12.9. The highest BCUT2D eigenvalue weighted by Crippen LogP contribution is 2.23. The van der Waals surface area contributed by atoms with Gasteiger partial charge in [-0.1, -0.05) is 23.7 Å². The maximum absolute atomic E-state index is 12.4. The smallest absolute Gasteiger partial charge is 0.270 e. The van der Waals surface area contributed by atoms with Crippen molar-refractivity contribution >= 4 is 17.5 Å². The summed E-state index contributed by atoms with van der Waals surface area (Å²) in [6, 6.07) is 6.91. The zero-order valence-electron chi connectivity index (χ0n) is 15.1. The second-order valence-corrected chi connectivity index (χ2v) is 6.65. The molecule has 0 aliphatic rings. The van der Waals surface area contributed by atoms with E-state index in [0.717, 1.165) is 18.4 Å². The first-order valence-corrected chi connectivity index (χ1v) is 8.94. The molecule has 3 rings (SSSR count). The quantitative estimate of drug-likeness (QED) is 0.637. The van der Waals surface area contributed by atoms with Crippen molar-refractivity contribution in [1.29, 1.82) is 0 Å². The SMILES string of the molecule is Cc1nc(-c2cccc(C(=O)NCCCc3cnn(C)c3)c2)c(Cl)c(=O)[nH]1. The van der Waals surface area contributed by atoms with Crippen LogP contribution >= 0.6 is 11.6 Å². The fourth-order valence-electron chi connectivity index (χ4n) is 2.77. The summed E-state index contributed by atoms with van der Waals surface area (Å²) in [5.41, 5.74) is 2.22. The molecule has 3 aromatic rings. The molecule has 2 heterocycles. The number of hydrogen-bond donors (Lipinski definition) is 2. The second kappa shape index (κ2) is 8.18. The van der Waals surface area contributed by atoms with Gasteiger partial charge < -0.3 is 10.3 Å². The van der Waals surface area contributed by atoms with Gasteiger partial charge in [-0.25, -0.2) is 4.98 Å². The summed E-state index contributed by atoms with van der Waals surface area (Å²) >= 11 is 6.08. The maximum Gasteiger partial charge on any atom is 0.270 e. The molecule has 0 aliphatic heterocycles. The molecule has 1 amide bonds. The van der Waals surface area contributed by atoms with Crippen LogP contribution in [0.1, 0.15) is 28.2 Å². The predicted octanol–water partition coefficient (Wildman–Crippen LogP) is 2.49. The molecule has 2 N–H and O–H groups in total. The first-order valence-electron chi connectivity index (χ1n) is 8.56. The van der Waals surface area contributed by atoms with Crippen LogP contribution in [0, 0.1) is 6.92 Å². The van der Waals surface area contributed by atoms with Crippen LogP contribution in [0.4, 0.5) is 0 Å². The van der Waals surface area contributed by atoms with Crippen molar-refractivity contribution in [3.05, 3.63) is 69.0 Å². The Morgan fingerprint density at radius 2 is 2.19 bits per heavy atom. The lowest BCUT2D eigenvalue weighted by atomic mass is 10.1. The number of carbonyl (C=O) groups is 1. The molecule has 0 unspecified atom stereocenters. The Balaban J connectivity index is 1.66. The van der Waals surface area contributed by atoms with Crippen LogP contribution in [0.5, 0.6) is 0 Å². The summed E-state index contributed by atoms with van der Waals surface area (Å²) in [6.45, 7) is 2.24. The molecule has 0 radical (unpaired) electrons. The Morgan fingerprint density at radius 1 is 1.37 bits per heavy atom. The number of H-pyrrole nitrogens is 1. The molecule has 0 bridgehead atoms. The second-order valence-electron chi connectivity index (χ2n) is 6.28. The van der Waals surface area contributed by atoms with Crippen LogP contribution in [0.3, 0.4) is 0 Å². The van der Waals surface area contributed by atoms with Crippen LogP contribution in [0.15, 0.2) is 41.5 Å². The van der Waals surface area contributed by atoms with E-state index in [0.29, 0.717) is 29.2 Å². The lowest BCUT2D eigenvalue weighted by Gasteiger charge is -2.08. The first kappa shape index (κ1) is 18.8. The number of aromatic amines is 1. The molecule has 0 aliphatic carbocycles. The lowest BCUT2D eigenvalue weighted by Crippen LogP contribution is -2.24. The monoisotopic (exact) mass is 385 g/mol. The highest BCUT2D eigenvalue weighted by atomic mass is 35.5. The third-order valence-electron chi connectivity index (χ3n) is 4.07. The number of nitrogens with one attached hydrogen (secondary N) is 2. The van der Waals surface area contributed by atoms with Gasteiger partial charge in [0, 0.05) is 30.9 Å². The summed E-state index contributed by atoms with van der Waals surface area (Å²) in [4.78, 5) is 31.1. The number of aryl methyl sites for hydroxylation is 3. The fourth-order valence-corrected chi connectivity index (χ4v) is 2.97. The van der Waals surface area contributed by atoms with E-state index >= 15 is 0 Å². The summed E-state index contributed by atoms with van der Waals surface area (Å²) in [7, 11) is 1.88. The third kappa shape index (κ3) is 4.62. The number of nitrogens with zero attached hydrogens (tertiary/aromatic N) is 3. The van der Waals surface area contributed by atoms with Crippen LogP contribution in [-0.4, -0.2) is 32.2 Å². The van der Waals surface area contributed by atoms with E-state index in [2.05, 4.69) is 20.4 Å². The molecule has 0 fully saturated rings. The molecular formula is C19H20ClN5O2. The van der Waals surface area contributed by atoms with Crippen molar-refractivity contribution in [3.8, 4) is 11.3 Å². The molecular weight excluding hydrogens is 366 g/mol. The van der Waals surface area contributed by atoms with Gasteiger partial charge in [-0.15, -0.1) is 0 Å². The summed E-state index contributed by atoms with van der Waals surface area (Å²) in [5, 5.41) is 7.04.